The first-order valence-corrected chi connectivity index (χ1v) is 4.53. The van der Waals surface area contributed by atoms with E-state index in [-0.39, 0.29) is 23.1 Å². The standard InChI is InChI=1S/C10H10N4O2/c11-10-12-5-4-8(14-10)13-9-6(15)2-1-3-7(9)16/h1-5,15-16H,(H3,11,12,13,14). The summed E-state index contributed by atoms with van der Waals surface area (Å²) in [5, 5.41) is 21.8. The molecule has 0 radical (unpaired) electrons. The number of aromatic nitrogens is 2. The number of benzene rings is 1. The molecule has 0 aliphatic rings. The van der Waals surface area contributed by atoms with Crippen molar-refractivity contribution in [2.75, 3.05) is 11.1 Å². The van der Waals surface area contributed by atoms with E-state index in [0.29, 0.717) is 5.82 Å². The highest BCUT2D eigenvalue weighted by molar-refractivity contribution is 5.70. The molecule has 0 unspecified atom stereocenters. The van der Waals surface area contributed by atoms with Gasteiger partial charge in [0.15, 0.2) is 0 Å². The lowest BCUT2D eigenvalue weighted by atomic mass is 10.2. The van der Waals surface area contributed by atoms with Gasteiger partial charge in [-0.25, -0.2) is 4.98 Å². The number of nitrogen functional groups attached to an aromatic ring is 1. The second-order valence-electron chi connectivity index (χ2n) is 3.10. The summed E-state index contributed by atoms with van der Waals surface area (Å²) in [5.74, 6) is 0.360. The average molecular weight is 218 g/mol. The normalized spacial score (nSPS) is 10.0. The fourth-order valence-electron chi connectivity index (χ4n) is 1.23. The molecule has 0 spiro atoms. The highest BCUT2D eigenvalue weighted by Crippen LogP contribution is 2.34. The van der Waals surface area contributed by atoms with Gasteiger partial charge < -0.3 is 21.3 Å². The number of phenolic OH excluding ortho intramolecular Hbond substituents is 2. The number of para-hydroxylation sites is 1. The van der Waals surface area contributed by atoms with Gasteiger partial charge in [0.25, 0.3) is 0 Å². The van der Waals surface area contributed by atoms with E-state index in [1.807, 2.05) is 0 Å². The minimum atomic E-state index is -0.0721. The zero-order valence-corrected chi connectivity index (χ0v) is 8.25. The van der Waals surface area contributed by atoms with E-state index in [9.17, 15) is 10.2 Å². The number of phenols is 2. The molecule has 16 heavy (non-hydrogen) atoms. The van der Waals surface area contributed by atoms with Crippen molar-refractivity contribution in [2.24, 2.45) is 0 Å². The minimum Gasteiger partial charge on any atom is -0.506 e. The highest BCUT2D eigenvalue weighted by Gasteiger charge is 2.07. The Bertz CT molecular complexity index is 496. The van der Waals surface area contributed by atoms with Crippen LogP contribution in [0, 0.1) is 0 Å². The topological polar surface area (TPSA) is 104 Å². The Morgan fingerprint density at radius 1 is 1.12 bits per heavy atom. The first kappa shape index (κ1) is 10.0. The molecule has 2 aromatic rings. The van der Waals surface area contributed by atoms with Gasteiger partial charge in [0.2, 0.25) is 5.95 Å². The number of nitrogens with two attached hydrogens (primary N) is 1. The first-order chi connectivity index (χ1) is 7.66. The van der Waals surface area contributed by atoms with Gasteiger partial charge in [-0.05, 0) is 18.2 Å². The van der Waals surface area contributed by atoms with Crippen molar-refractivity contribution < 1.29 is 10.2 Å². The Kier molecular flexibility index (Phi) is 2.47. The number of nitrogens with zero attached hydrogens (tertiary/aromatic N) is 2. The summed E-state index contributed by atoms with van der Waals surface area (Å²) in [7, 11) is 0. The number of hydrogen-bond donors (Lipinski definition) is 4. The maximum absolute atomic E-state index is 9.52. The maximum Gasteiger partial charge on any atom is 0.221 e. The van der Waals surface area contributed by atoms with Crippen molar-refractivity contribution in [3.8, 4) is 11.5 Å². The van der Waals surface area contributed by atoms with Crippen molar-refractivity contribution in [1.82, 2.24) is 9.97 Å². The molecular weight excluding hydrogens is 208 g/mol. The lowest BCUT2D eigenvalue weighted by Crippen LogP contribution is -1.99. The van der Waals surface area contributed by atoms with E-state index >= 15 is 0 Å². The third-order valence-electron chi connectivity index (χ3n) is 1.95. The van der Waals surface area contributed by atoms with Crippen LogP contribution in [-0.4, -0.2) is 20.2 Å². The van der Waals surface area contributed by atoms with E-state index in [4.69, 9.17) is 5.73 Å². The summed E-state index contributed by atoms with van der Waals surface area (Å²) in [4.78, 5) is 7.61. The van der Waals surface area contributed by atoms with Gasteiger partial charge in [0.05, 0.1) is 0 Å². The fourth-order valence-corrected chi connectivity index (χ4v) is 1.23. The van der Waals surface area contributed by atoms with Gasteiger partial charge in [0, 0.05) is 6.20 Å². The molecule has 0 fully saturated rings. The smallest absolute Gasteiger partial charge is 0.221 e. The van der Waals surface area contributed by atoms with E-state index in [1.54, 1.807) is 6.07 Å². The Labute approximate surface area is 91.4 Å². The average Bonchev–Trinajstić information content (AvgIpc) is 2.24. The second kappa shape index (κ2) is 3.93. The molecule has 1 heterocycles. The van der Waals surface area contributed by atoms with Crippen molar-refractivity contribution in [2.45, 2.75) is 0 Å². The van der Waals surface area contributed by atoms with Gasteiger partial charge in [-0.1, -0.05) is 6.07 Å². The predicted octanol–water partition coefficient (Wildman–Crippen LogP) is 1.21. The third kappa shape index (κ3) is 1.95. The zero-order chi connectivity index (χ0) is 11.5. The molecule has 0 saturated carbocycles. The minimum absolute atomic E-state index is 0.0721. The van der Waals surface area contributed by atoms with Crippen LogP contribution in [0.3, 0.4) is 0 Å². The van der Waals surface area contributed by atoms with Gasteiger partial charge in [0.1, 0.15) is 23.0 Å². The van der Waals surface area contributed by atoms with Crippen LogP contribution in [0.2, 0.25) is 0 Å². The van der Waals surface area contributed by atoms with Crippen LogP contribution in [-0.2, 0) is 0 Å². The molecule has 1 aromatic carbocycles. The Morgan fingerprint density at radius 2 is 1.81 bits per heavy atom. The van der Waals surface area contributed by atoms with Crippen LogP contribution >= 0.6 is 0 Å². The molecule has 0 atom stereocenters. The van der Waals surface area contributed by atoms with E-state index in [0.717, 1.165) is 0 Å². The van der Waals surface area contributed by atoms with E-state index < -0.39 is 0 Å². The molecule has 5 N–H and O–H groups in total. The number of aromatic hydroxyl groups is 2. The summed E-state index contributed by atoms with van der Waals surface area (Å²) in [6.45, 7) is 0. The number of hydrogen-bond acceptors (Lipinski definition) is 6. The van der Waals surface area contributed by atoms with Crippen molar-refractivity contribution in [3.05, 3.63) is 30.5 Å². The predicted molar refractivity (Wildman–Crippen MR) is 59.5 cm³/mol. The zero-order valence-electron chi connectivity index (χ0n) is 8.25. The van der Waals surface area contributed by atoms with Gasteiger partial charge in [-0.15, -0.1) is 0 Å². The number of anilines is 3. The molecule has 6 heteroatoms. The van der Waals surface area contributed by atoms with Crippen LogP contribution in [0.4, 0.5) is 17.5 Å². The lowest BCUT2D eigenvalue weighted by Gasteiger charge is -2.09. The van der Waals surface area contributed by atoms with Gasteiger partial charge in [-0.2, -0.15) is 4.98 Å². The summed E-state index contributed by atoms with van der Waals surface area (Å²) < 4.78 is 0. The third-order valence-corrected chi connectivity index (χ3v) is 1.95. The Morgan fingerprint density at radius 3 is 2.44 bits per heavy atom. The second-order valence-corrected chi connectivity index (χ2v) is 3.10. The molecule has 1 aromatic heterocycles. The molecule has 0 amide bonds. The number of nitrogens with one attached hydrogen (secondary N) is 1. The lowest BCUT2D eigenvalue weighted by molar-refractivity contribution is 0.455. The summed E-state index contributed by atoms with van der Waals surface area (Å²) in [6, 6.07) is 6.01. The molecule has 82 valence electrons. The summed E-state index contributed by atoms with van der Waals surface area (Å²) in [6.07, 6.45) is 1.47. The Hall–Kier alpha value is -2.50. The van der Waals surface area contributed by atoms with E-state index in [1.165, 1.54) is 24.4 Å². The summed E-state index contributed by atoms with van der Waals surface area (Å²) in [5.41, 5.74) is 5.58. The molecule has 0 aliphatic heterocycles. The molecule has 2 rings (SSSR count). The molecular formula is C10H10N4O2. The number of rotatable bonds is 2. The van der Waals surface area contributed by atoms with Gasteiger partial charge in [-0.3, -0.25) is 0 Å². The first-order valence-electron chi connectivity index (χ1n) is 4.53. The highest BCUT2D eigenvalue weighted by atomic mass is 16.3. The fraction of sp³-hybridized carbons (Fsp3) is 0. The van der Waals surface area contributed by atoms with Crippen LogP contribution in [0.25, 0.3) is 0 Å². The molecule has 6 nitrogen and oxygen atoms in total. The van der Waals surface area contributed by atoms with Crippen molar-refractivity contribution >= 4 is 17.5 Å². The van der Waals surface area contributed by atoms with E-state index in [2.05, 4.69) is 15.3 Å². The van der Waals surface area contributed by atoms with Crippen LogP contribution in [0.15, 0.2) is 30.5 Å². The Balaban J connectivity index is 2.34. The molecule has 0 bridgehead atoms. The van der Waals surface area contributed by atoms with Crippen LogP contribution < -0.4 is 11.1 Å². The van der Waals surface area contributed by atoms with Crippen molar-refractivity contribution in [1.29, 1.82) is 0 Å². The summed E-state index contributed by atoms with van der Waals surface area (Å²) >= 11 is 0. The van der Waals surface area contributed by atoms with Gasteiger partial charge >= 0.3 is 0 Å². The van der Waals surface area contributed by atoms with Crippen LogP contribution in [0.1, 0.15) is 0 Å². The van der Waals surface area contributed by atoms with Crippen molar-refractivity contribution in [3.63, 3.8) is 0 Å². The van der Waals surface area contributed by atoms with Crippen LogP contribution in [0.5, 0.6) is 11.5 Å². The molecule has 0 saturated heterocycles. The monoisotopic (exact) mass is 218 g/mol. The SMILES string of the molecule is Nc1nccc(Nc2c(O)cccc2O)n1. The molecule has 0 aliphatic carbocycles. The largest absolute Gasteiger partial charge is 0.506 e. The quantitative estimate of drug-likeness (QED) is 0.565. The maximum atomic E-state index is 9.52.